The first-order valence-electron chi connectivity index (χ1n) is 13.3. The molecule has 1 N–H and O–H groups in total. The highest BCUT2D eigenvalue weighted by atomic mass is 16.6. The van der Waals surface area contributed by atoms with Crippen LogP contribution < -0.4 is 20.3 Å². The van der Waals surface area contributed by atoms with Crippen LogP contribution in [0.3, 0.4) is 0 Å². The van der Waals surface area contributed by atoms with Crippen molar-refractivity contribution in [2.24, 2.45) is 5.41 Å². The molecule has 0 spiro atoms. The first kappa shape index (κ1) is 29.1. The number of pyridine rings is 1. The van der Waals surface area contributed by atoms with Gasteiger partial charge in [0.05, 0.1) is 24.2 Å². The van der Waals surface area contributed by atoms with E-state index in [9.17, 15) is 9.59 Å². The number of ether oxygens (including phenoxy) is 3. The minimum Gasteiger partial charge on any atom is -0.491 e. The molecule has 0 aliphatic carbocycles. The molecule has 1 amide bonds. The molecule has 1 aromatic heterocycles. The van der Waals surface area contributed by atoms with E-state index >= 15 is 0 Å². The van der Waals surface area contributed by atoms with Gasteiger partial charge in [-0.05, 0) is 56.4 Å². The number of unbranched alkanes of at least 4 members (excludes halogenated alkanes) is 1. The van der Waals surface area contributed by atoms with Gasteiger partial charge in [0.2, 0.25) is 0 Å². The maximum atomic E-state index is 13.8. The number of hydrogen-bond acceptors (Lipinski definition) is 5. The molecule has 3 aromatic rings. The van der Waals surface area contributed by atoms with Gasteiger partial charge in [-0.2, -0.15) is 0 Å². The Hall–Kier alpha value is -3.48. The number of amides is 1. The second-order valence-electron chi connectivity index (χ2n) is 11.8. The average molecular weight is 523 g/mol. The molecule has 38 heavy (non-hydrogen) atoms. The fourth-order valence-electron chi connectivity index (χ4n) is 4.04. The van der Waals surface area contributed by atoms with Gasteiger partial charge in [0, 0.05) is 11.9 Å². The van der Waals surface area contributed by atoms with E-state index in [0.29, 0.717) is 47.7 Å². The maximum Gasteiger partial charge on any atom is 0.407 e. The fourth-order valence-corrected chi connectivity index (χ4v) is 4.04. The van der Waals surface area contributed by atoms with Crippen molar-refractivity contribution in [3.63, 3.8) is 0 Å². The summed E-state index contributed by atoms with van der Waals surface area (Å²) < 4.78 is 19.6. The SMILES string of the molecule is CCCCOc1c(CNC(=O)OC(C)(C)C)n(CC(C)(C)C)c(=O)c2ccc(OCc3ccccc3)cc12. The third-order valence-electron chi connectivity index (χ3n) is 5.72. The molecule has 0 aliphatic rings. The van der Waals surface area contributed by atoms with E-state index in [0.717, 1.165) is 18.4 Å². The molecule has 0 fully saturated rings. The van der Waals surface area contributed by atoms with Crippen molar-refractivity contribution in [1.29, 1.82) is 0 Å². The number of benzene rings is 2. The number of fused-ring (bicyclic) bond motifs is 1. The summed E-state index contributed by atoms with van der Waals surface area (Å²) in [5.41, 5.74) is 0.713. The second kappa shape index (κ2) is 12.4. The summed E-state index contributed by atoms with van der Waals surface area (Å²) in [4.78, 5) is 26.3. The summed E-state index contributed by atoms with van der Waals surface area (Å²) in [5, 5.41) is 4.05. The monoisotopic (exact) mass is 522 g/mol. The second-order valence-corrected chi connectivity index (χ2v) is 11.8. The highest BCUT2D eigenvalue weighted by Gasteiger charge is 2.24. The number of aromatic nitrogens is 1. The third kappa shape index (κ3) is 8.27. The van der Waals surface area contributed by atoms with Gasteiger partial charge in [0.1, 0.15) is 23.7 Å². The van der Waals surface area contributed by atoms with Gasteiger partial charge in [-0.3, -0.25) is 4.79 Å². The van der Waals surface area contributed by atoms with Crippen LogP contribution >= 0.6 is 0 Å². The molecule has 1 heterocycles. The number of nitrogens with zero attached hydrogens (tertiary/aromatic N) is 1. The van der Waals surface area contributed by atoms with Crippen LogP contribution in [-0.2, 0) is 24.4 Å². The lowest BCUT2D eigenvalue weighted by Crippen LogP contribution is -2.36. The fraction of sp³-hybridized carbons (Fsp3) is 0.484. The summed E-state index contributed by atoms with van der Waals surface area (Å²) >= 11 is 0. The van der Waals surface area contributed by atoms with Crippen molar-refractivity contribution >= 4 is 16.9 Å². The van der Waals surface area contributed by atoms with E-state index in [4.69, 9.17) is 14.2 Å². The van der Waals surface area contributed by atoms with Gasteiger partial charge in [-0.25, -0.2) is 4.79 Å². The highest BCUT2D eigenvalue weighted by Crippen LogP contribution is 2.33. The number of rotatable bonds is 10. The van der Waals surface area contributed by atoms with E-state index in [2.05, 4.69) is 33.0 Å². The predicted molar refractivity (Wildman–Crippen MR) is 152 cm³/mol. The summed E-state index contributed by atoms with van der Waals surface area (Å²) in [5.74, 6) is 1.22. The Balaban J connectivity index is 2.10. The Morgan fingerprint density at radius 3 is 2.29 bits per heavy atom. The van der Waals surface area contributed by atoms with Crippen molar-refractivity contribution in [3.05, 3.63) is 70.1 Å². The molecular formula is C31H42N2O5. The van der Waals surface area contributed by atoms with Gasteiger partial charge in [0.15, 0.2) is 0 Å². The van der Waals surface area contributed by atoms with Crippen LogP contribution in [0.1, 0.15) is 72.6 Å². The third-order valence-corrected chi connectivity index (χ3v) is 5.72. The Morgan fingerprint density at radius 1 is 0.947 bits per heavy atom. The van der Waals surface area contributed by atoms with E-state index in [1.807, 2.05) is 63.2 Å². The van der Waals surface area contributed by atoms with Crippen LogP contribution in [0.2, 0.25) is 0 Å². The van der Waals surface area contributed by atoms with Crippen LogP contribution in [0.15, 0.2) is 53.3 Å². The van der Waals surface area contributed by atoms with Crippen LogP contribution in [0.5, 0.6) is 11.5 Å². The first-order chi connectivity index (χ1) is 17.9. The molecule has 0 radical (unpaired) electrons. The molecule has 0 bridgehead atoms. The largest absolute Gasteiger partial charge is 0.491 e. The average Bonchev–Trinajstić information content (AvgIpc) is 2.83. The molecule has 0 atom stereocenters. The quantitative estimate of drug-likeness (QED) is 0.295. The van der Waals surface area contributed by atoms with E-state index < -0.39 is 11.7 Å². The highest BCUT2D eigenvalue weighted by molar-refractivity contribution is 5.90. The minimum atomic E-state index is -0.635. The lowest BCUT2D eigenvalue weighted by atomic mass is 9.96. The molecule has 7 nitrogen and oxygen atoms in total. The van der Waals surface area contributed by atoms with E-state index in [1.54, 1.807) is 10.6 Å². The zero-order valence-corrected chi connectivity index (χ0v) is 23.8. The van der Waals surface area contributed by atoms with Crippen molar-refractivity contribution < 1.29 is 19.0 Å². The summed E-state index contributed by atoms with van der Waals surface area (Å²) in [6, 6.07) is 15.4. The Morgan fingerprint density at radius 2 is 1.66 bits per heavy atom. The molecule has 3 rings (SSSR count). The standard InChI is InChI=1S/C31H42N2O5/c1-8-9-17-36-27-25-18-23(37-20-22-13-11-10-12-14-22)15-16-24(25)28(34)33(21-30(2,3)4)26(27)19-32-29(35)38-31(5,6)7/h10-16,18H,8-9,17,19-21H2,1-7H3,(H,32,35). The van der Waals surface area contributed by atoms with E-state index in [-0.39, 0.29) is 17.5 Å². The first-order valence-corrected chi connectivity index (χ1v) is 13.3. The van der Waals surface area contributed by atoms with Crippen LogP contribution in [0.4, 0.5) is 4.79 Å². The van der Waals surface area contributed by atoms with Gasteiger partial charge in [-0.15, -0.1) is 0 Å². The van der Waals surface area contributed by atoms with Crippen LogP contribution in [0, 0.1) is 5.41 Å². The smallest absolute Gasteiger partial charge is 0.407 e. The summed E-state index contributed by atoms with van der Waals surface area (Å²) in [6.07, 6.45) is 1.28. The molecule has 7 heteroatoms. The molecule has 0 unspecified atom stereocenters. The summed E-state index contributed by atoms with van der Waals surface area (Å²) in [6.45, 7) is 15.2. The number of nitrogens with one attached hydrogen (secondary N) is 1. The number of hydrogen-bond donors (Lipinski definition) is 1. The molecule has 0 aliphatic heterocycles. The van der Waals surface area contributed by atoms with Gasteiger partial charge < -0.3 is 24.1 Å². The van der Waals surface area contributed by atoms with Gasteiger partial charge in [0.25, 0.3) is 5.56 Å². The number of carbonyl (C=O) groups excluding carboxylic acids is 1. The predicted octanol–water partition coefficient (Wildman–Crippen LogP) is 6.83. The zero-order chi connectivity index (χ0) is 27.9. The maximum absolute atomic E-state index is 13.8. The lowest BCUT2D eigenvalue weighted by Gasteiger charge is -2.26. The van der Waals surface area contributed by atoms with Crippen molar-refractivity contribution in [2.45, 2.75) is 86.6 Å². The summed E-state index contributed by atoms with van der Waals surface area (Å²) in [7, 11) is 0. The molecular weight excluding hydrogens is 480 g/mol. The zero-order valence-electron chi connectivity index (χ0n) is 23.8. The van der Waals surface area contributed by atoms with Gasteiger partial charge in [-0.1, -0.05) is 64.4 Å². The lowest BCUT2D eigenvalue weighted by molar-refractivity contribution is 0.0521. The molecule has 2 aromatic carbocycles. The van der Waals surface area contributed by atoms with E-state index in [1.165, 1.54) is 0 Å². The number of carbonyl (C=O) groups is 1. The molecule has 206 valence electrons. The van der Waals surface area contributed by atoms with Gasteiger partial charge >= 0.3 is 6.09 Å². The Labute approximate surface area is 226 Å². The Bertz CT molecular complexity index is 1280. The molecule has 0 saturated heterocycles. The van der Waals surface area contributed by atoms with Crippen LogP contribution in [-0.4, -0.2) is 22.9 Å². The normalized spacial score (nSPS) is 11.9. The van der Waals surface area contributed by atoms with Crippen LogP contribution in [0.25, 0.3) is 10.8 Å². The number of alkyl carbamates (subject to hydrolysis) is 1. The van der Waals surface area contributed by atoms with Crippen molar-refractivity contribution in [2.75, 3.05) is 6.61 Å². The van der Waals surface area contributed by atoms with Crippen molar-refractivity contribution in [3.8, 4) is 11.5 Å². The topological polar surface area (TPSA) is 78.8 Å². The van der Waals surface area contributed by atoms with Crippen molar-refractivity contribution in [1.82, 2.24) is 9.88 Å². The minimum absolute atomic E-state index is 0.0900. The molecule has 0 saturated carbocycles. The Kier molecular flexibility index (Phi) is 9.47.